The fourth-order valence-electron chi connectivity index (χ4n) is 4.28. The molecule has 0 radical (unpaired) electrons. The second kappa shape index (κ2) is 6.64. The van der Waals surface area contributed by atoms with Gasteiger partial charge in [0.05, 0.1) is 24.2 Å². The first-order valence-electron chi connectivity index (χ1n) is 8.80. The van der Waals surface area contributed by atoms with E-state index in [2.05, 4.69) is 11.9 Å². The molecule has 3 aliphatic heterocycles. The second-order valence-corrected chi connectivity index (χ2v) is 7.35. The number of hydrogen-bond acceptors (Lipinski definition) is 7. The molecular formula is C18H18N4O5S. The number of morpholine rings is 1. The molecule has 1 N–H and O–H groups in total. The Hall–Kier alpha value is -2.85. The maximum atomic E-state index is 13.5. The minimum atomic E-state index is -1.48. The highest BCUT2D eigenvalue weighted by Gasteiger charge is 2.61. The molecule has 1 aromatic rings. The third-order valence-corrected chi connectivity index (χ3v) is 5.88. The predicted molar refractivity (Wildman–Crippen MR) is 104 cm³/mol. The van der Waals surface area contributed by atoms with Gasteiger partial charge in [0.15, 0.2) is 10.5 Å². The van der Waals surface area contributed by atoms with Crippen LogP contribution in [0.25, 0.3) is 0 Å². The fraction of sp³-hybridized carbons (Fsp3) is 0.389. The number of hydrogen-bond donors (Lipinski definition) is 1. The Labute approximate surface area is 166 Å². The number of fused-ring (bicyclic) bond motifs is 4. The van der Waals surface area contributed by atoms with E-state index in [0.717, 1.165) is 5.69 Å². The van der Waals surface area contributed by atoms with E-state index < -0.39 is 28.2 Å². The molecule has 2 amide bonds. The molecule has 2 fully saturated rings. The van der Waals surface area contributed by atoms with Gasteiger partial charge in [0, 0.05) is 37.3 Å². The van der Waals surface area contributed by atoms with E-state index in [1.54, 1.807) is 6.07 Å². The SMILES string of the molecule is C=CCN1C(=O)[C@]2(Cc3cc([N+](=O)[O-])ccc3N3CCOC[C@H]32)C(=O)NC1=S. The zero-order valence-electron chi connectivity index (χ0n) is 14.9. The predicted octanol–water partition coefficient (Wildman–Crippen LogP) is 0.772. The van der Waals surface area contributed by atoms with Crippen molar-refractivity contribution in [3.63, 3.8) is 0 Å². The van der Waals surface area contributed by atoms with Gasteiger partial charge in [-0.3, -0.25) is 24.6 Å². The summed E-state index contributed by atoms with van der Waals surface area (Å²) in [5.41, 5.74) is -0.188. The van der Waals surface area contributed by atoms with Gasteiger partial charge in [-0.1, -0.05) is 6.08 Å². The van der Waals surface area contributed by atoms with Gasteiger partial charge in [0.2, 0.25) is 11.8 Å². The molecule has 1 spiro atoms. The average molecular weight is 402 g/mol. The number of nitro groups is 1. The molecule has 0 aromatic heterocycles. The van der Waals surface area contributed by atoms with Crippen molar-refractivity contribution in [2.75, 3.05) is 31.2 Å². The van der Waals surface area contributed by atoms with Crippen LogP contribution < -0.4 is 10.2 Å². The number of anilines is 1. The van der Waals surface area contributed by atoms with Gasteiger partial charge in [-0.2, -0.15) is 0 Å². The molecule has 2 saturated heterocycles. The number of carbonyl (C=O) groups excluding carboxylic acids is 2. The summed E-state index contributed by atoms with van der Waals surface area (Å²) in [7, 11) is 0. The van der Waals surface area contributed by atoms with Crippen LogP contribution in [0, 0.1) is 15.5 Å². The van der Waals surface area contributed by atoms with Crippen LogP contribution in [0.2, 0.25) is 0 Å². The maximum Gasteiger partial charge on any atom is 0.269 e. The standard InChI is InChI=1S/C18H18N4O5S/c1-2-5-21-16(24)18(15(23)19-17(21)28)9-11-8-12(22(25)26)3-4-13(11)20-6-7-27-10-14(18)20/h2-4,8,14H,1,5-7,9-10H2,(H,19,23,28)/t14-,18-/m0/s1. The van der Waals surface area contributed by atoms with Crippen LogP contribution >= 0.6 is 12.2 Å². The molecule has 9 nitrogen and oxygen atoms in total. The van der Waals surface area contributed by atoms with Crippen LogP contribution in [-0.2, 0) is 20.7 Å². The Kier molecular flexibility index (Phi) is 4.39. The van der Waals surface area contributed by atoms with E-state index in [-0.39, 0.29) is 30.4 Å². The van der Waals surface area contributed by atoms with Crippen LogP contribution in [0.4, 0.5) is 11.4 Å². The zero-order valence-corrected chi connectivity index (χ0v) is 15.7. The quantitative estimate of drug-likeness (QED) is 0.262. The first-order chi connectivity index (χ1) is 13.4. The minimum Gasteiger partial charge on any atom is -0.377 e. The Balaban J connectivity index is 1.88. The zero-order chi connectivity index (χ0) is 20.1. The summed E-state index contributed by atoms with van der Waals surface area (Å²) in [4.78, 5) is 40.7. The van der Waals surface area contributed by atoms with E-state index in [1.165, 1.54) is 23.1 Å². The van der Waals surface area contributed by atoms with Crippen LogP contribution in [-0.4, -0.2) is 59.1 Å². The first kappa shape index (κ1) is 18.5. The van der Waals surface area contributed by atoms with E-state index in [0.29, 0.717) is 18.7 Å². The van der Waals surface area contributed by atoms with Gasteiger partial charge in [-0.15, -0.1) is 6.58 Å². The lowest BCUT2D eigenvalue weighted by Crippen LogP contribution is -2.73. The Morgan fingerprint density at radius 1 is 1.46 bits per heavy atom. The number of benzene rings is 1. The van der Waals surface area contributed by atoms with Gasteiger partial charge in [0.25, 0.3) is 5.69 Å². The molecule has 10 heteroatoms. The molecule has 0 unspecified atom stereocenters. The van der Waals surface area contributed by atoms with E-state index >= 15 is 0 Å². The van der Waals surface area contributed by atoms with Crippen molar-refractivity contribution in [3.05, 3.63) is 46.5 Å². The summed E-state index contributed by atoms with van der Waals surface area (Å²) in [5.74, 6) is -0.931. The van der Waals surface area contributed by atoms with Crippen LogP contribution in [0.1, 0.15) is 5.56 Å². The van der Waals surface area contributed by atoms with Crippen molar-refractivity contribution >= 4 is 40.5 Å². The summed E-state index contributed by atoms with van der Waals surface area (Å²) in [6, 6.07) is 4.02. The summed E-state index contributed by atoms with van der Waals surface area (Å²) in [6.07, 6.45) is 1.57. The van der Waals surface area contributed by atoms with E-state index in [9.17, 15) is 19.7 Å². The van der Waals surface area contributed by atoms with Crippen molar-refractivity contribution in [1.82, 2.24) is 10.2 Å². The number of rotatable bonds is 3. The lowest BCUT2D eigenvalue weighted by atomic mass is 9.68. The lowest BCUT2D eigenvalue weighted by molar-refractivity contribution is -0.384. The molecule has 1 aromatic carbocycles. The van der Waals surface area contributed by atoms with Gasteiger partial charge >= 0.3 is 0 Å². The Bertz CT molecular complexity index is 919. The lowest BCUT2D eigenvalue weighted by Gasteiger charge is -2.53. The van der Waals surface area contributed by atoms with Crippen LogP contribution in [0.5, 0.6) is 0 Å². The molecule has 146 valence electrons. The summed E-state index contributed by atoms with van der Waals surface area (Å²) in [6.45, 7) is 4.92. The molecule has 28 heavy (non-hydrogen) atoms. The number of nitrogens with one attached hydrogen (secondary N) is 1. The van der Waals surface area contributed by atoms with E-state index in [1.807, 2.05) is 4.90 Å². The number of amides is 2. The number of nitro benzene ring substituents is 1. The number of carbonyl (C=O) groups is 2. The largest absolute Gasteiger partial charge is 0.377 e. The Morgan fingerprint density at radius 2 is 2.25 bits per heavy atom. The second-order valence-electron chi connectivity index (χ2n) is 6.97. The highest BCUT2D eigenvalue weighted by Crippen LogP contribution is 2.46. The molecule has 0 aliphatic carbocycles. The first-order valence-corrected chi connectivity index (χ1v) is 9.21. The normalized spacial score (nSPS) is 26.6. The molecule has 0 bridgehead atoms. The number of thiocarbonyl (C=S) groups is 1. The van der Waals surface area contributed by atoms with Gasteiger partial charge in [0.1, 0.15) is 0 Å². The fourth-order valence-corrected chi connectivity index (χ4v) is 4.53. The average Bonchev–Trinajstić information content (AvgIpc) is 2.69. The van der Waals surface area contributed by atoms with Crippen LogP contribution in [0.3, 0.4) is 0 Å². The van der Waals surface area contributed by atoms with Crippen molar-refractivity contribution < 1.29 is 19.2 Å². The maximum absolute atomic E-state index is 13.5. The minimum absolute atomic E-state index is 0.0358. The molecule has 0 saturated carbocycles. The highest BCUT2D eigenvalue weighted by molar-refractivity contribution is 7.80. The molecular weight excluding hydrogens is 384 g/mol. The summed E-state index contributed by atoms with van der Waals surface area (Å²) < 4.78 is 5.61. The third kappa shape index (κ3) is 2.52. The highest BCUT2D eigenvalue weighted by atomic mass is 32.1. The van der Waals surface area contributed by atoms with Crippen molar-refractivity contribution in [3.8, 4) is 0 Å². The topological polar surface area (TPSA) is 105 Å². The molecule has 3 heterocycles. The van der Waals surface area contributed by atoms with Gasteiger partial charge < -0.3 is 15.0 Å². The Morgan fingerprint density at radius 3 is 2.96 bits per heavy atom. The number of ether oxygens (including phenoxy) is 1. The van der Waals surface area contributed by atoms with Crippen molar-refractivity contribution in [2.24, 2.45) is 5.41 Å². The summed E-state index contributed by atoms with van der Waals surface area (Å²) >= 11 is 5.17. The smallest absolute Gasteiger partial charge is 0.269 e. The van der Waals surface area contributed by atoms with Gasteiger partial charge in [-0.25, -0.2) is 0 Å². The number of non-ortho nitro benzene ring substituents is 1. The van der Waals surface area contributed by atoms with Crippen molar-refractivity contribution in [2.45, 2.75) is 12.5 Å². The summed E-state index contributed by atoms with van der Waals surface area (Å²) in [5, 5.41) is 13.9. The third-order valence-electron chi connectivity index (χ3n) is 5.56. The van der Waals surface area contributed by atoms with E-state index in [4.69, 9.17) is 17.0 Å². The molecule has 3 aliphatic rings. The monoisotopic (exact) mass is 402 g/mol. The van der Waals surface area contributed by atoms with Crippen molar-refractivity contribution in [1.29, 1.82) is 0 Å². The molecule has 4 rings (SSSR count). The van der Waals surface area contributed by atoms with Gasteiger partial charge in [-0.05, 0) is 23.8 Å². The molecule has 2 atom stereocenters. The number of nitrogens with zero attached hydrogens (tertiary/aromatic N) is 3. The van der Waals surface area contributed by atoms with Crippen LogP contribution in [0.15, 0.2) is 30.9 Å².